The number of ether oxygens (including phenoxy) is 2. The van der Waals surface area contributed by atoms with Gasteiger partial charge in [-0.05, 0) is 6.08 Å². The normalized spacial score (nSPS) is 25.3. The lowest BCUT2D eigenvalue weighted by molar-refractivity contribution is 0.0680. The Hall–Kier alpha value is -2.24. The summed E-state index contributed by atoms with van der Waals surface area (Å²) in [7, 11) is 0. The van der Waals surface area contributed by atoms with Gasteiger partial charge in [0, 0.05) is 12.3 Å². The van der Waals surface area contributed by atoms with Gasteiger partial charge < -0.3 is 15.2 Å². The number of rotatable bonds is 0. The number of hydrogen-bond donors (Lipinski definition) is 1. The number of fused-ring (bicyclic) bond motifs is 1. The lowest BCUT2D eigenvalue weighted by Crippen LogP contribution is -2.54. The van der Waals surface area contributed by atoms with E-state index >= 15 is 0 Å². The van der Waals surface area contributed by atoms with Gasteiger partial charge in [0.1, 0.15) is 18.0 Å². The number of amides is 2. The molecule has 17 heavy (non-hydrogen) atoms. The molecule has 2 aliphatic rings. The minimum atomic E-state index is -0.636. The molecule has 1 atom stereocenters. The minimum absolute atomic E-state index is 0.331. The average molecular weight is 233 g/mol. The van der Waals surface area contributed by atoms with Crippen molar-refractivity contribution in [3.05, 3.63) is 30.8 Å². The highest BCUT2D eigenvalue weighted by molar-refractivity contribution is 5.93. The van der Waals surface area contributed by atoms with Crippen LogP contribution in [0.1, 0.15) is 0 Å². The zero-order valence-corrected chi connectivity index (χ0v) is 9.00. The molecule has 1 aromatic heterocycles. The van der Waals surface area contributed by atoms with Crippen molar-refractivity contribution in [3.8, 4) is 5.75 Å². The highest BCUT2D eigenvalue weighted by Crippen LogP contribution is 2.38. The van der Waals surface area contributed by atoms with Gasteiger partial charge in [0.15, 0.2) is 5.60 Å². The number of carbonyl (C=O) groups is 1. The van der Waals surface area contributed by atoms with Crippen LogP contribution in [-0.4, -0.2) is 29.8 Å². The molecule has 3 rings (SSSR count). The van der Waals surface area contributed by atoms with Crippen LogP contribution >= 0.6 is 0 Å². The first-order valence-corrected chi connectivity index (χ1v) is 5.20. The molecule has 0 fully saturated rings. The maximum absolute atomic E-state index is 11.5. The third-order valence-electron chi connectivity index (χ3n) is 2.85. The predicted octanol–water partition coefficient (Wildman–Crippen LogP) is 0.642. The first kappa shape index (κ1) is 9.95. The molecule has 0 bridgehead atoms. The van der Waals surface area contributed by atoms with Gasteiger partial charge in [0.2, 0.25) is 0 Å². The summed E-state index contributed by atoms with van der Waals surface area (Å²) in [5, 5.41) is 0. The molecule has 0 saturated heterocycles. The van der Waals surface area contributed by atoms with Gasteiger partial charge in [0.25, 0.3) is 0 Å². The SMILES string of the molecule is NC(=O)N1CC2(C=COC2)Oc2ccncc21. The molecule has 3 heterocycles. The number of urea groups is 1. The molecule has 0 aromatic carbocycles. The summed E-state index contributed by atoms with van der Waals surface area (Å²) in [6, 6.07) is 1.18. The van der Waals surface area contributed by atoms with Crippen LogP contribution in [0, 0.1) is 0 Å². The highest BCUT2D eigenvalue weighted by atomic mass is 16.6. The lowest BCUT2D eigenvalue weighted by atomic mass is 10.0. The largest absolute Gasteiger partial charge is 0.497 e. The minimum Gasteiger partial charge on any atom is -0.497 e. The van der Waals surface area contributed by atoms with E-state index < -0.39 is 11.6 Å². The Balaban J connectivity index is 2.06. The number of carbonyl (C=O) groups excluding carboxylic acids is 1. The Morgan fingerprint density at radius 3 is 3.18 bits per heavy atom. The van der Waals surface area contributed by atoms with Gasteiger partial charge in [-0.1, -0.05) is 0 Å². The van der Waals surface area contributed by atoms with Crippen LogP contribution in [0.2, 0.25) is 0 Å². The van der Waals surface area contributed by atoms with E-state index in [1.165, 1.54) is 4.90 Å². The van der Waals surface area contributed by atoms with Gasteiger partial charge in [-0.3, -0.25) is 9.88 Å². The summed E-state index contributed by atoms with van der Waals surface area (Å²) >= 11 is 0. The van der Waals surface area contributed by atoms with Gasteiger partial charge in [-0.25, -0.2) is 4.79 Å². The van der Waals surface area contributed by atoms with Crippen molar-refractivity contribution in [1.29, 1.82) is 0 Å². The van der Waals surface area contributed by atoms with Crippen LogP contribution in [0.15, 0.2) is 30.8 Å². The molecule has 1 aromatic rings. The molecule has 88 valence electrons. The maximum Gasteiger partial charge on any atom is 0.319 e. The summed E-state index contributed by atoms with van der Waals surface area (Å²) in [6.07, 6.45) is 6.54. The lowest BCUT2D eigenvalue weighted by Gasteiger charge is -2.38. The number of aromatic nitrogens is 1. The van der Waals surface area contributed by atoms with E-state index in [1.807, 2.05) is 0 Å². The molecule has 6 heteroatoms. The Kier molecular flexibility index (Phi) is 1.98. The quantitative estimate of drug-likeness (QED) is 0.713. The zero-order chi connectivity index (χ0) is 11.9. The number of hydrogen-bond acceptors (Lipinski definition) is 4. The maximum atomic E-state index is 11.5. The van der Waals surface area contributed by atoms with E-state index in [1.54, 1.807) is 30.8 Å². The summed E-state index contributed by atoms with van der Waals surface area (Å²) in [5.74, 6) is 0.584. The van der Waals surface area contributed by atoms with Crippen molar-refractivity contribution < 1.29 is 14.3 Å². The van der Waals surface area contributed by atoms with Gasteiger partial charge in [-0.2, -0.15) is 0 Å². The zero-order valence-electron chi connectivity index (χ0n) is 9.00. The van der Waals surface area contributed by atoms with Crippen molar-refractivity contribution in [2.75, 3.05) is 18.1 Å². The summed E-state index contributed by atoms with van der Waals surface area (Å²) in [6.45, 7) is 0.704. The second-order valence-corrected chi connectivity index (χ2v) is 4.05. The molecule has 2 N–H and O–H groups in total. The number of nitrogens with two attached hydrogens (primary N) is 1. The highest BCUT2D eigenvalue weighted by Gasteiger charge is 2.42. The Morgan fingerprint density at radius 1 is 1.59 bits per heavy atom. The van der Waals surface area contributed by atoms with Crippen LogP contribution in [0.4, 0.5) is 10.5 Å². The molecular weight excluding hydrogens is 222 g/mol. The fourth-order valence-corrected chi connectivity index (χ4v) is 2.03. The summed E-state index contributed by atoms with van der Waals surface area (Å²) in [5.41, 5.74) is 5.32. The molecule has 0 aliphatic carbocycles. The predicted molar refractivity (Wildman–Crippen MR) is 59.6 cm³/mol. The average Bonchev–Trinajstić information content (AvgIpc) is 2.76. The van der Waals surface area contributed by atoms with E-state index in [9.17, 15) is 4.79 Å². The van der Waals surface area contributed by atoms with E-state index in [0.717, 1.165) is 0 Å². The number of nitrogens with zero attached hydrogens (tertiary/aromatic N) is 2. The Morgan fingerprint density at radius 2 is 2.47 bits per heavy atom. The van der Waals surface area contributed by atoms with Gasteiger partial charge in [-0.15, -0.1) is 0 Å². The molecule has 2 amide bonds. The molecule has 1 spiro atoms. The third-order valence-corrected chi connectivity index (χ3v) is 2.85. The fourth-order valence-electron chi connectivity index (χ4n) is 2.03. The van der Waals surface area contributed by atoms with E-state index in [-0.39, 0.29) is 0 Å². The molecule has 6 nitrogen and oxygen atoms in total. The standard InChI is InChI=1S/C11H11N3O3/c12-10(15)14-6-11(2-4-16-7-11)17-9-1-3-13-5-8(9)14/h1-5H,6-7H2,(H2,12,15). The van der Waals surface area contributed by atoms with Crippen LogP contribution in [0.25, 0.3) is 0 Å². The monoisotopic (exact) mass is 233 g/mol. The van der Waals surface area contributed by atoms with Crippen molar-refractivity contribution in [1.82, 2.24) is 4.98 Å². The molecular formula is C11H11N3O3. The van der Waals surface area contributed by atoms with Crippen molar-refractivity contribution in [2.24, 2.45) is 5.73 Å². The summed E-state index contributed by atoms with van der Waals surface area (Å²) in [4.78, 5) is 16.9. The van der Waals surface area contributed by atoms with Crippen LogP contribution in [0.5, 0.6) is 5.75 Å². The molecule has 0 radical (unpaired) electrons. The van der Waals surface area contributed by atoms with Crippen LogP contribution in [0.3, 0.4) is 0 Å². The Labute approximate surface area is 97.6 Å². The topological polar surface area (TPSA) is 77.7 Å². The second-order valence-electron chi connectivity index (χ2n) is 4.05. The number of pyridine rings is 1. The van der Waals surface area contributed by atoms with Crippen LogP contribution < -0.4 is 15.4 Å². The number of anilines is 1. The number of primary amides is 1. The molecule has 0 saturated carbocycles. The Bertz CT molecular complexity index is 502. The summed E-state index contributed by atoms with van der Waals surface area (Å²) < 4.78 is 11.0. The fraction of sp³-hybridized carbons (Fsp3) is 0.273. The first-order valence-electron chi connectivity index (χ1n) is 5.20. The van der Waals surface area contributed by atoms with Crippen LogP contribution in [-0.2, 0) is 4.74 Å². The van der Waals surface area contributed by atoms with Gasteiger partial charge >= 0.3 is 6.03 Å². The van der Waals surface area contributed by atoms with Crippen molar-refractivity contribution in [2.45, 2.75) is 5.60 Å². The first-order chi connectivity index (χ1) is 8.20. The van der Waals surface area contributed by atoms with E-state index in [4.69, 9.17) is 15.2 Å². The van der Waals surface area contributed by atoms with E-state index in [2.05, 4.69) is 4.98 Å². The van der Waals surface area contributed by atoms with Crippen molar-refractivity contribution in [3.63, 3.8) is 0 Å². The molecule has 1 unspecified atom stereocenters. The molecule has 2 aliphatic heterocycles. The van der Waals surface area contributed by atoms with E-state index in [0.29, 0.717) is 24.6 Å². The second kappa shape index (κ2) is 3.38. The van der Waals surface area contributed by atoms with Gasteiger partial charge in [0.05, 0.1) is 19.0 Å². The van der Waals surface area contributed by atoms with Crippen molar-refractivity contribution >= 4 is 11.7 Å². The smallest absolute Gasteiger partial charge is 0.319 e. The third kappa shape index (κ3) is 1.49.